The Morgan fingerprint density at radius 1 is 1.06 bits per heavy atom. The molecule has 1 aromatic rings. The molecule has 284 valence electrons. The Balaban J connectivity index is 0.976. The molecule has 5 unspecified atom stereocenters. The lowest BCUT2D eigenvalue weighted by molar-refractivity contribution is -0.248. The predicted molar refractivity (Wildman–Crippen MR) is 190 cm³/mol. The Labute approximate surface area is 303 Å². The third kappa shape index (κ3) is 5.13. The Bertz CT molecular complexity index is 1510. The number of aliphatic hydroxyl groups excluding tert-OH is 2. The Morgan fingerprint density at radius 2 is 1.75 bits per heavy atom. The van der Waals surface area contributed by atoms with Gasteiger partial charge in [-0.3, -0.25) is 4.79 Å². The van der Waals surface area contributed by atoms with Gasteiger partial charge >= 0.3 is 0 Å². The van der Waals surface area contributed by atoms with Gasteiger partial charge in [0.1, 0.15) is 11.9 Å². The molecular formula is C42H62FNO7. The number of morpholine rings is 1. The lowest BCUT2D eigenvalue weighted by Crippen LogP contribution is -2.60. The summed E-state index contributed by atoms with van der Waals surface area (Å²) in [6, 6.07) is 6.13. The molecule has 5 saturated carbocycles. The molecule has 2 spiro atoms. The molecule has 2 heterocycles. The minimum absolute atomic E-state index is 0.00840. The minimum Gasteiger partial charge on any atom is -0.390 e. The number of aliphatic hydroxyl groups is 3. The van der Waals surface area contributed by atoms with Gasteiger partial charge in [-0.15, -0.1) is 0 Å². The van der Waals surface area contributed by atoms with E-state index in [9.17, 15) is 24.5 Å². The zero-order valence-corrected chi connectivity index (χ0v) is 31.9. The second-order valence-corrected chi connectivity index (χ2v) is 19.7. The van der Waals surface area contributed by atoms with Crippen molar-refractivity contribution < 1.29 is 38.7 Å². The molecule has 0 aromatic heterocycles. The van der Waals surface area contributed by atoms with Crippen molar-refractivity contribution in [2.75, 3.05) is 19.7 Å². The highest BCUT2D eigenvalue weighted by Crippen LogP contribution is 2.89. The second kappa shape index (κ2) is 11.9. The minimum atomic E-state index is -1.27. The van der Waals surface area contributed by atoms with Gasteiger partial charge in [-0.05, 0) is 128 Å². The van der Waals surface area contributed by atoms with Crippen LogP contribution in [0.15, 0.2) is 24.3 Å². The summed E-state index contributed by atoms with van der Waals surface area (Å²) in [6.07, 6.45) is 5.78. The molecule has 3 N–H and O–H groups in total. The van der Waals surface area contributed by atoms with Gasteiger partial charge in [-0.1, -0.05) is 46.8 Å². The highest BCUT2D eigenvalue weighted by atomic mass is 19.1. The van der Waals surface area contributed by atoms with Crippen molar-refractivity contribution >= 4 is 5.91 Å². The number of amides is 1. The van der Waals surface area contributed by atoms with Gasteiger partial charge in [-0.2, -0.15) is 0 Å². The number of halogens is 1. The molecule has 7 fully saturated rings. The van der Waals surface area contributed by atoms with Gasteiger partial charge in [-0.25, -0.2) is 4.39 Å². The Morgan fingerprint density at radius 3 is 2.45 bits per heavy atom. The largest absolute Gasteiger partial charge is 0.390 e. The van der Waals surface area contributed by atoms with Crippen molar-refractivity contribution in [1.82, 2.24) is 4.90 Å². The van der Waals surface area contributed by atoms with Crippen LogP contribution in [0.25, 0.3) is 0 Å². The second-order valence-electron chi connectivity index (χ2n) is 19.7. The van der Waals surface area contributed by atoms with E-state index in [1.54, 1.807) is 26.0 Å². The summed E-state index contributed by atoms with van der Waals surface area (Å²) in [4.78, 5) is 15.0. The first-order chi connectivity index (χ1) is 23.9. The van der Waals surface area contributed by atoms with E-state index in [-0.39, 0.29) is 69.3 Å². The summed E-state index contributed by atoms with van der Waals surface area (Å²) in [5.41, 5.74) is -0.454. The summed E-state index contributed by atoms with van der Waals surface area (Å²) >= 11 is 0. The summed E-state index contributed by atoms with van der Waals surface area (Å²) in [5, 5.41) is 34.2. The quantitative estimate of drug-likeness (QED) is 0.338. The number of ether oxygens (including phenoxy) is 3. The zero-order valence-electron chi connectivity index (χ0n) is 31.9. The van der Waals surface area contributed by atoms with E-state index in [4.69, 9.17) is 14.2 Å². The number of hydrogen-bond acceptors (Lipinski definition) is 7. The molecule has 2 aliphatic heterocycles. The van der Waals surface area contributed by atoms with Gasteiger partial charge in [0.05, 0.1) is 49.6 Å². The molecule has 7 aliphatic rings. The van der Waals surface area contributed by atoms with E-state index < -0.39 is 30.2 Å². The first kappa shape index (κ1) is 36.4. The predicted octanol–water partition coefficient (Wildman–Crippen LogP) is 5.88. The fraction of sp³-hybridized carbons (Fsp3) is 0.833. The third-order valence-electron chi connectivity index (χ3n) is 16.8. The van der Waals surface area contributed by atoms with E-state index in [0.717, 1.165) is 37.7 Å². The van der Waals surface area contributed by atoms with Crippen LogP contribution < -0.4 is 0 Å². The average Bonchev–Trinajstić information content (AvgIpc) is 3.71. The van der Waals surface area contributed by atoms with Crippen molar-refractivity contribution in [2.24, 2.45) is 50.7 Å². The number of rotatable bonds is 6. The molecule has 1 amide bonds. The number of carbonyl (C=O) groups excluding carboxylic acids is 1. The van der Waals surface area contributed by atoms with E-state index >= 15 is 0 Å². The lowest BCUT2D eigenvalue weighted by Gasteiger charge is -2.64. The summed E-state index contributed by atoms with van der Waals surface area (Å²) in [7, 11) is 0. The highest BCUT2D eigenvalue weighted by Gasteiger charge is 2.84. The van der Waals surface area contributed by atoms with Crippen molar-refractivity contribution in [3.8, 4) is 0 Å². The van der Waals surface area contributed by atoms with Crippen molar-refractivity contribution in [3.63, 3.8) is 0 Å². The molecule has 8 nitrogen and oxygen atoms in total. The van der Waals surface area contributed by atoms with Crippen molar-refractivity contribution in [3.05, 3.63) is 35.6 Å². The topological polar surface area (TPSA) is 109 Å². The van der Waals surface area contributed by atoms with Crippen LogP contribution in [0.5, 0.6) is 0 Å². The van der Waals surface area contributed by atoms with E-state index in [0.29, 0.717) is 38.0 Å². The van der Waals surface area contributed by atoms with Crippen LogP contribution in [-0.4, -0.2) is 88.2 Å². The summed E-state index contributed by atoms with van der Waals surface area (Å²) in [6.45, 7) is 16.5. The van der Waals surface area contributed by atoms with E-state index in [1.807, 2.05) is 4.90 Å². The third-order valence-corrected chi connectivity index (χ3v) is 16.8. The smallest absolute Gasteiger partial charge is 0.227 e. The van der Waals surface area contributed by atoms with Gasteiger partial charge < -0.3 is 34.4 Å². The lowest BCUT2D eigenvalue weighted by atomic mass is 9.41. The van der Waals surface area contributed by atoms with Gasteiger partial charge in [0.2, 0.25) is 5.91 Å². The first-order valence-corrected chi connectivity index (χ1v) is 19.9. The maximum absolute atomic E-state index is 13.4. The number of carbonyl (C=O) groups is 1. The van der Waals surface area contributed by atoms with Crippen LogP contribution in [0.2, 0.25) is 0 Å². The summed E-state index contributed by atoms with van der Waals surface area (Å²) in [5.74, 6) is 1.11. The molecule has 0 radical (unpaired) electrons. The normalized spacial score (nSPS) is 47.7. The fourth-order valence-corrected chi connectivity index (χ4v) is 14.2. The number of hydrogen-bond donors (Lipinski definition) is 3. The molecule has 0 bridgehead atoms. The van der Waals surface area contributed by atoms with Gasteiger partial charge in [0.25, 0.3) is 0 Å². The first-order valence-electron chi connectivity index (χ1n) is 19.9. The SMILES string of the molecule is C[C@@H]1C[C@H](C(O)C(C)(C)O)O[C@H]2C1[C@@]1(C)CC[C@@]34CC35CCC(OC3CN(C(=O)Cc6ccc(F)cc6)CCO3)C(C)(C)[C@@H]5CC[C@H]4[C@]1(C)[C@H]2O. The van der Waals surface area contributed by atoms with Crippen LogP contribution in [0.4, 0.5) is 4.39 Å². The Kier molecular flexibility index (Phi) is 8.51. The maximum atomic E-state index is 13.4. The monoisotopic (exact) mass is 711 g/mol. The summed E-state index contributed by atoms with van der Waals surface area (Å²) < 4.78 is 33.0. The fourth-order valence-electron chi connectivity index (χ4n) is 14.2. The maximum Gasteiger partial charge on any atom is 0.227 e. The molecule has 5 aliphatic carbocycles. The molecular weight excluding hydrogens is 649 g/mol. The Hall–Kier alpha value is -1.62. The molecule has 14 atom stereocenters. The van der Waals surface area contributed by atoms with E-state index in [2.05, 4.69) is 34.6 Å². The zero-order chi connectivity index (χ0) is 36.5. The van der Waals surface area contributed by atoms with Gasteiger partial charge in [0, 0.05) is 12.0 Å². The standard InChI is InChI=1S/C42H62FNO7/c1-24-20-27(35(46)38(4,5)48)50-34-33(24)39(6)16-17-42-23-41(42)15-14-30(37(2,3)28(41)12-13-29(42)40(39,7)36(34)47)51-32-22-44(18-19-49-32)31(45)21-25-8-10-26(43)11-9-25/h8-11,24,27-30,32-36,46-48H,12-23H2,1-7H3/t24-,27-,28+,29+,30?,32?,33?,34+,35?,36+,39-,40-,41?,42+/m1/s1. The molecule has 51 heavy (non-hydrogen) atoms. The van der Waals surface area contributed by atoms with Crippen LogP contribution in [-0.2, 0) is 25.4 Å². The van der Waals surface area contributed by atoms with Crippen LogP contribution in [0.1, 0.15) is 105 Å². The number of benzene rings is 1. The highest BCUT2D eigenvalue weighted by molar-refractivity contribution is 5.78. The number of nitrogens with zero attached hydrogens (tertiary/aromatic N) is 1. The van der Waals surface area contributed by atoms with Crippen molar-refractivity contribution in [1.29, 1.82) is 0 Å². The number of fused-ring (bicyclic) bond motifs is 4. The van der Waals surface area contributed by atoms with Gasteiger partial charge in [0.15, 0.2) is 6.29 Å². The molecule has 2 saturated heterocycles. The average molecular weight is 712 g/mol. The van der Waals surface area contributed by atoms with Crippen LogP contribution >= 0.6 is 0 Å². The van der Waals surface area contributed by atoms with Crippen molar-refractivity contribution in [2.45, 2.75) is 149 Å². The van der Waals surface area contributed by atoms with Crippen LogP contribution in [0.3, 0.4) is 0 Å². The molecule has 8 rings (SSSR count). The molecule has 9 heteroatoms. The molecule has 1 aromatic carbocycles. The van der Waals surface area contributed by atoms with E-state index in [1.165, 1.54) is 25.0 Å². The van der Waals surface area contributed by atoms with Crippen LogP contribution in [0, 0.1) is 56.6 Å².